The van der Waals surface area contributed by atoms with Gasteiger partial charge in [-0.1, -0.05) is 72.8 Å². The van der Waals surface area contributed by atoms with Gasteiger partial charge in [0.2, 0.25) is 0 Å². The third-order valence-electron chi connectivity index (χ3n) is 10.9. The molecule has 0 aliphatic carbocycles. The van der Waals surface area contributed by atoms with E-state index in [1.807, 2.05) is 54.6 Å². The summed E-state index contributed by atoms with van der Waals surface area (Å²) in [6, 6.07) is 62.6. The fourth-order valence-corrected chi connectivity index (χ4v) is 8.33. The molecule has 12 rings (SSSR count). The molecule has 264 valence electrons. The second-order valence-electron chi connectivity index (χ2n) is 14.1. The molecule has 6 heteroatoms. The van der Waals surface area contributed by atoms with E-state index in [4.69, 9.17) is 17.7 Å². The Hall–Kier alpha value is -7.70. The van der Waals surface area contributed by atoms with Crippen LogP contribution in [0.2, 0.25) is 0 Å². The third kappa shape index (κ3) is 4.69. The Bertz CT molecular complexity index is 3440. The highest BCUT2D eigenvalue weighted by Crippen LogP contribution is 2.45. The lowest BCUT2D eigenvalue weighted by molar-refractivity contribution is 0.524. The molecule has 4 heterocycles. The predicted molar refractivity (Wildman–Crippen MR) is 227 cm³/mol. The van der Waals surface area contributed by atoms with Crippen LogP contribution in [0.5, 0.6) is 0 Å². The first-order valence-electron chi connectivity index (χ1n) is 18.7. The Morgan fingerprint density at radius 1 is 0.250 bits per heavy atom. The molecule has 0 radical (unpaired) electrons. The molecule has 4 aromatic heterocycles. The Morgan fingerprint density at radius 2 is 0.643 bits per heavy atom. The monoisotopic (exact) mass is 722 g/mol. The van der Waals surface area contributed by atoms with Crippen molar-refractivity contribution in [1.29, 1.82) is 0 Å². The van der Waals surface area contributed by atoms with E-state index in [1.54, 1.807) is 0 Å². The van der Waals surface area contributed by atoms with Gasteiger partial charge in [-0.3, -0.25) is 0 Å². The van der Waals surface area contributed by atoms with Crippen LogP contribution >= 0.6 is 0 Å². The van der Waals surface area contributed by atoms with Crippen LogP contribution in [0, 0.1) is 0 Å². The van der Waals surface area contributed by atoms with Crippen molar-refractivity contribution in [3.05, 3.63) is 182 Å². The zero-order valence-corrected chi connectivity index (χ0v) is 29.8. The summed E-state index contributed by atoms with van der Waals surface area (Å²) in [5, 5.41) is 7.30. The van der Waals surface area contributed by atoms with E-state index in [-0.39, 0.29) is 0 Å². The molecule has 0 saturated heterocycles. The number of hydrogen-bond donors (Lipinski definition) is 0. The summed E-state index contributed by atoms with van der Waals surface area (Å²) in [5.74, 6) is 0.495. The van der Waals surface area contributed by atoms with Crippen molar-refractivity contribution >= 4 is 111 Å². The van der Waals surface area contributed by atoms with Gasteiger partial charge in [-0.05, 0) is 91.0 Å². The Balaban J connectivity index is 0.993. The van der Waals surface area contributed by atoms with Crippen LogP contribution in [0.1, 0.15) is 0 Å². The standard InChI is InChI=1S/C50H30N2O4/c1-3-11-31(12-4-1)51(34-19-23-39-37-15-7-9-17-43(37)53-46(39)28-34)33-22-26-45-42(27-33)49-41-25-21-36(30-48(41)56-50(49)55-45)52(32-13-5-2-6-14-32)35-20-24-40-38-16-8-10-18-44(38)54-47(40)29-35/h1-30H. The van der Waals surface area contributed by atoms with Gasteiger partial charge >= 0.3 is 0 Å². The summed E-state index contributed by atoms with van der Waals surface area (Å²) in [7, 11) is 0. The van der Waals surface area contributed by atoms with Crippen LogP contribution in [0.25, 0.3) is 77.0 Å². The van der Waals surface area contributed by atoms with E-state index in [2.05, 4.69) is 137 Å². The second-order valence-corrected chi connectivity index (χ2v) is 14.1. The molecule has 0 bridgehead atoms. The first-order chi connectivity index (χ1) is 27.7. The molecule has 0 N–H and O–H groups in total. The zero-order valence-electron chi connectivity index (χ0n) is 29.8. The number of benzene rings is 8. The smallest absolute Gasteiger partial charge is 0.299 e. The highest BCUT2D eigenvalue weighted by molar-refractivity contribution is 6.18. The molecule has 0 aliphatic heterocycles. The molecular weight excluding hydrogens is 693 g/mol. The van der Waals surface area contributed by atoms with Crippen LogP contribution in [-0.2, 0) is 0 Å². The highest BCUT2D eigenvalue weighted by atomic mass is 16.5. The van der Waals surface area contributed by atoms with Crippen molar-refractivity contribution in [3.8, 4) is 0 Å². The Labute approximate surface area is 319 Å². The first kappa shape index (κ1) is 30.7. The summed E-state index contributed by atoms with van der Waals surface area (Å²) < 4.78 is 25.5. The van der Waals surface area contributed by atoms with Crippen molar-refractivity contribution in [2.24, 2.45) is 0 Å². The van der Waals surface area contributed by atoms with Crippen LogP contribution in [0.15, 0.2) is 200 Å². The predicted octanol–water partition coefficient (Wildman–Crippen LogP) is 15.1. The molecule has 0 atom stereocenters. The average Bonchev–Trinajstić information content (AvgIpc) is 4.00. The van der Waals surface area contributed by atoms with Gasteiger partial charge in [-0.25, -0.2) is 0 Å². The summed E-state index contributed by atoms with van der Waals surface area (Å²) in [4.78, 5) is 4.48. The van der Waals surface area contributed by atoms with E-state index in [1.165, 1.54) is 0 Å². The lowest BCUT2D eigenvalue weighted by Crippen LogP contribution is -2.09. The lowest BCUT2D eigenvalue weighted by atomic mass is 10.1. The van der Waals surface area contributed by atoms with Crippen molar-refractivity contribution in [2.45, 2.75) is 0 Å². The normalized spacial score (nSPS) is 11.9. The van der Waals surface area contributed by atoms with E-state index in [9.17, 15) is 0 Å². The zero-order chi connectivity index (χ0) is 36.7. The van der Waals surface area contributed by atoms with Gasteiger partial charge in [-0.2, -0.15) is 0 Å². The molecular formula is C50H30N2O4. The van der Waals surface area contributed by atoms with Crippen LogP contribution in [0.4, 0.5) is 34.1 Å². The largest absolute Gasteiger partial charge is 0.456 e. The molecule has 0 amide bonds. The van der Waals surface area contributed by atoms with Crippen molar-refractivity contribution < 1.29 is 17.7 Å². The number of fused-ring (bicyclic) bond motifs is 11. The quantitative estimate of drug-likeness (QED) is 0.170. The number of nitrogens with zero attached hydrogens (tertiary/aromatic N) is 2. The molecule has 12 aromatic rings. The maximum absolute atomic E-state index is 6.52. The second kappa shape index (κ2) is 11.9. The summed E-state index contributed by atoms with van der Waals surface area (Å²) in [5.41, 5.74) is 10.9. The summed E-state index contributed by atoms with van der Waals surface area (Å²) in [6.07, 6.45) is 0. The fraction of sp³-hybridized carbons (Fsp3) is 0. The molecule has 0 unspecified atom stereocenters. The van der Waals surface area contributed by atoms with E-state index >= 15 is 0 Å². The fourth-order valence-electron chi connectivity index (χ4n) is 8.33. The molecule has 0 fully saturated rings. The van der Waals surface area contributed by atoms with Gasteiger partial charge in [0.15, 0.2) is 0 Å². The van der Waals surface area contributed by atoms with Gasteiger partial charge in [0.05, 0.1) is 5.39 Å². The van der Waals surface area contributed by atoms with Gasteiger partial charge < -0.3 is 27.5 Å². The maximum Gasteiger partial charge on any atom is 0.299 e. The van der Waals surface area contributed by atoms with Crippen molar-refractivity contribution in [1.82, 2.24) is 0 Å². The van der Waals surface area contributed by atoms with Gasteiger partial charge in [0.1, 0.15) is 33.5 Å². The summed E-state index contributed by atoms with van der Waals surface area (Å²) in [6.45, 7) is 0. The first-order valence-corrected chi connectivity index (χ1v) is 18.7. The van der Waals surface area contributed by atoms with Crippen molar-refractivity contribution in [3.63, 3.8) is 0 Å². The highest BCUT2D eigenvalue weighted by Gasteiger charge is 2.22. The average molecular weight is 723 g/mol. The lowest BCUT2D eigenvalue weighted by Gasteiger charge is -2.25. The van der Waals surface area contributed by atoms with Gasteiger partial charge in [0, 0.05) is 84.6 Å². The minimum atomic E-state index is 0.495. The molecule has 56 heavy (non-hydrogen) atoms. The number of anilines is 6. The Morgan fingerprint density at radius 3 is 1.20 bits per heavy atom. The molecule has 0 saturated carbocycles. The van der Waals surface area contributed by atoms with Gasteiger partial charge in [0.25, 0.3) is 5.78 Å². The Kier molecular flexibility index (Phi) is 6.53. The van der Waals surface area contributed by atoms with Crippen molar-refractivity contribution in [2.75, 3.05) is 9.80 Å². The maximum atomic E-state index is 6.52. The number of hydrogen-bond acceptors (Lipinski definition) is 6. The molecule has 0 spiro atoms. The van der Waals surface area contributed by atoms with E-state index in [0.717, 1.165) is 105 Å². The number of rotatable bonds is 6. The van der Waals surface area contributed by atoms with Crippen LogP contribution in [-0.4, -0.2) is 0 Å². The topological polar surface area (TPSA) is 59.0 Å². The molecule has 6 nitrogen and oxygen atoms in total. The van der Waals surface area contributed by atoms with Gasteiger partial charge in [-0.15, -0.1) is 0 Å². The van der Waals surface area contributed by atoms with E-state index < -0.39 is 0 Å². The minimum Gasteiger partial charge on any atom is -0.456 e. The summed E-state index contributed by atoms with van der Waals surface area (Å²) >= 11 is 0. The molecule has 0 aliphatic rings. The van der Waals surface area contributed by atoms with Crippen LogP contribution < -0.4 is 9.80 Å². The van der Waals surface area contributed by atoms with Crippen LogP contribution in [0.3, 0.4) is 0 Å². The third-order valence-corrected chi connectivity index (χ3v) is 10.9. The SMILES string of the molecule is c1ccc(N(c2ccc3c(c2)oc2ccccc23)c2ccc3c(c2)oc2oc4ccc(N(c5ccccc5)c5ccc6c(c5)oc5ccccc56)cc4c23)cc1. The minimum absolute atomic E-state index is 0.495. The van der Waals surface area contributed by atoms with E-state index in [0.29, 0.717) is 5.78 Å². The molecule has 8 aromatic carbocycles. The number of para-hydroxylation sites is 4. The number of furan rings is 4.